The number of carbonyl (C=O) groups is 1. The third-order valence-corrected chi connectivity index (χ3v) is 4.16. The molecule has 4 rings (SSSR count). The highest BCUT2D eigenvalue weighted by molar-refractivity contribution is 9.10. The molecule has 4 aromatic rings. The molecule has 1 aromatic carbocycles. The van der Waals surface area contributed by atoms with Gasteiger partial charge >= 0.3 is 6.03 Å². The molecule has 3 heterocycles. The number of rotatable bonds is 5. The standard InChI is InChI=1S/C19H14BrN5O3/c20-12-7-16-17(21-9-12)23-11-24-18(16)28-14-4-1-3-13(8-14)25-19(26)22-10-15-5-2-6-27-15/h1-9,11H,10H2,(H2,22,25,26). The van der Waals surface area contributed by atoms with Crippen LogP contribution in [-0.2, 0) is 6.54 Å². The van der Waals surface area contributed by atoms with E-state index in [4.69, 9.17) is 9.15 Å². The Bertz CT molecular complexity index is 1120. The Hall–Kier alpha value is -3.46. The van der Waals surface area contributed by atoms with Gasteiger partial charge in [-0.15, -0.1) is 0 Å². The van der Waals surface area contributed by atoms with E-state index in [0.29, 0.717) is 40.7 Å². The van der Waals surface area contributed by atoms with Gasteiger partial charge in [-0.25, -0.2) is 19.7 Å². The number of nitrogens with one attached hydrogen (secondary N) is 2. The van der Waals surface area contributed by atoms with Crippen LogP contribution in [0.4, 0.5) is 10.5 Å². The number of aromatic nitrogens is 3. The highest BCUT2D eigenvalue weighted by Crippen LogP contribution is 2.28. The van der Waals surface area contributed by atoms with Gasteiger partial charge in [-0.2, -0.15) is 0 Å². The first-order valence-electron chi connectivity index (χ1n) is 8.29. The predicted molar refractivity (Wildman–Crippen MR) is 106 cm³/mol. The summed E-state index contributed by atoms with van der Waals surface area (Å²) in [4.78, 5) is 24.6. The Labute approximate surface area is 168 Å². The Morgan fingerprint density at radius 2 is 2.07 bits per heavy atom. The molecule has 140 valence electrons. The summed E-state index contributed by atoms with van der Waals surface area (Å²) in [6.45, 7) is 0.295. The molecular weight excluding hydrogens is 426 g/mol. The fourth-order valence-electron chi connectivity index (χ4n) is 2.48. The molecule has 8 nitrogen and oxygen atoms in total. The van der Waals surface area contributed by atoms with E-state index in [2.05, 4.69) is 41.5 Å². The van der Waals surface area contributed by atoms with Crippen molar-refractivity contribution in [1.82, 2.24) is 20.3 Å². The summed E-state index contributed by atoms with van der Waals surface area (Å²) in [5, 5.41) is 6.14. The minimum Gasteiger partial charge on any atom is -0.467 e. The molecule has 0 unspecified atom stereocenters. The van der Waals surface area contributed by atoms with E-state index >= 15 is 0 Å². The lowest BCUT2D eigenvalue weighted by Crippen LogP contribution is -2.27. The quantitative estimate of drug-likeness (QED) is 0.474. The minimum absolute atomic E-state index is 0.295. The van der Waals surface area contributed by atoms with Crippen LogP contribution in [0.15, 0.2) is 70.1 Å². The first kappa shape index (κ1) is 17.9. The number of hydrogen-bond donors (Lipinski definition) is 2. The number of benzene rings is 1. The van der Waals surface area contributed by atoms with Crippen LogP contribution in [0.3, 0.4) is 0 Å². The lowest BCUT2D eigenvalue weighted by Gasteiger charge is -2.10. The third kappa shape index (κ3) is 4.26. The second kappa shape index (κ2) is 8.05. The second-order valence-electron chi connectivity index (χ2n) is 5.72. The van der Waals surface area contributed by atoms with Crippen molar-refractivity contribution in [3.8, 4) is 11.6 Å². The van der Waals surface area contributed by atoms with Gasteiger partial charge in [-0.05, 0) is 46.3 Å². The number of nitrogens with zero attached hydrogens (tertiary/aromatic N) is 3. The van der Waals surface area contributed by atoms with E-state index in [-0.39, 0.29) is 6.03 Å². The largest absolute Gasteiger partial charge is 0.467 e. The number of anilines is 1. The Morgan fingerprint density at radius 3 is 2.93 bits per heavy atom. The van der Waals surface area contributed by atoms with Gasteiger partial charge < -0.3 is 19.8 Å². The van der Waals surface area contributed by atoms with Crippen molar-refractivity contribution in [3.05, 3.63) is 71.5 Å². The number of halogens is 1. The summed E-state index contributed by atoms with van der Waals surface area (Å²) in [7, 11) is 0. The maximum absolute atomic E-state index is 12.1. The molecular formula is C19H14BrN5O3. The van der Waals surface area contributed by atoms with Gasteiger partial charge in [0.15, 0.2) is 5.65 Å². The van der Waals surface area contributed by atoms with Gasteiger partial charge in [-0.3, -0.25) is 0 Å². The topological polar surface area (TPSA) is 102 Å². The van der Waals surface area contributed by atoms with Gasteiger partial charge in [-0.1, -0.05) is 6.07 Å². The number of fused-ring (bicyclic) bond motifs is 1. The summed E-state index contributed by atoms with van der Waals surface area (Å²) in [6, 6.07) is 12.0. The van der Waals surface area contributed by atoms with E-state index in [1.807, 2.05) is 6.07 Å². The molecule has 0 bridgehead atoms. The molecule has 0 aliphatic rings. The SMILES string of the molecule is O=C(NCc1ccco1)Nc1cccc(Oc2ncnc3ncc(Br)cc23)c1. The Kier molecular flexibility index (Phi) is 5.16. The number of urea groups is 1. The number of amides is 2. The molecule has 0 spiro atoms. The van der Waals surface area contributed by atoms with Crippen LogP contribution < -0.4 is 15.4 Å². The summed E-state index contributed by atoms with van der Waals surface area (Å²) in [6.07, 6.45) is 4.61. The molecule has 0 fully saturated rings. The summed E-state index contributed by atoms with van der Waals surface area (Å²) >= 11 is 3.38. The van der Waals surface area contributed by atoms with Crippen LogP contribution in [0.5, 0.6) is 11.6 Å². The third-order valence-electron chi connectivity index (χ3n) is 3.73. The molecule has 2 N–H and O–H groups in total. The van der Waals surface area contributed by atoms with E-state index < -0.39 is 0 Å². The monoisotopic (exact) mass is 439 g/mol. The summed E-state index contributed by atoms with van der Waals surface area (Å²) < 4.78 is 11.9. The van der Waals surface area contributed by atoms with Crippen LogP contribution in [0.1, 0.15) is 5.76 Å². The van der Waals surface area contributed by atoms with Crippen LogP contribution in [0.25, 0.3) is 11.0 Å². The van der Waals surface area contributed by atoms with Crippen molar-refractivity contribution in [2.24, 2.45) is 0 Å². The van der Waals surface area contributed by atoms with Crippen LogP contribution in [-0.4, -0.2) is 21.0 Å². The average Bonchev–Trinajstić information content (AvgIpc) is 3.21. The zero-order chi connectivity index (χ0) is 19.3. The Balaban J connectivity index is 1.47. The van der Waals surface area contributed by atoms with Crippen LogP contribution in [0, 0.1) is 0 Å². The molecule has 0 radical (unpaired) electrons. The molecule has 0 aliphatic heterocycles. The second-order valence-corrected chi connectivity index (χ2v) is 6.64. The number of ether oxygens (including phenoxy) is 1. The van der Waals surface area contributed by atoms with E-state index in [9.17, 15) is 4.79 Å². The van der Waals surface area contributed by atoms with Gasteiger partial charge in [0.25, 0.3) is 0 Å². The normalized spacial score (nSPS) is 10.6. The van der Waals surface area contributed by atoms with Crippen molar-refractivity contribution >= 4 is 38.7 Å². The first-order chi connectivity index (χ1) is 13.7. The highest BCUT2D eigenvalue weighted by Gasteiger charge is 2.09. The molecule has 0 atom stereocenters. The molecule has 3 aromatic heterocycles. The van der Waals surface area contributed by atoms with Gasteiger partial charge in [0.2, 0.25) is 5.88 Å². The van der Waals surface area contributed by atoms with Crippen molar-refractivity contribution < 1.29 is 13.9 Å². The zero-order valence-electron chi connectivity index (χ0n) is 14.4. The average molecular weight is 440 g/mol. The highest BCUT2D eigenvalue weighted by atomic mass is 79.9. The maximum Gasteiger partial charge on any atom is 0.319 e. The van der Waals surface area contributed by atoms with E-state index in [1.54, 1.807) is 48.9 Å². The lowest BCUT2D eigenvalue weighted by molar-refractivity contribution is 0.251. The summed E-state index contributed by atoms with van der Waals surface area (Å²) in [5.74, 6) is 1.56. The van der Waals surface area contributed by atoms with Crippen LogP contribution in [0.2, 0.25) is 0 Å². The molecule has 2 amide bonds. The van der Waals surface area contributed by atoms with Gasteiger partial charge in [0.05, 0.1) is 18.2 Å². The minimum atomic E-state index is -0.353. The van der Waals surface area contributed by atoms with Gasteiger partial charge in [0, 0.05) is 22.4 Å². The molecule has 28 heavy (non-hydrogen) atoms. The summed E-state index contributed by atoms with van der Waals surface area (Å²) in [5.41, 5.74) is 1.10. The van der Waals surface area contributed by atoms with Crippen molar-refractivity contribution in [2.45, 2.75) is 6.54 Å². The molecule has 0 aliphatic carbocycles. The smallest absolute Gasteiger partial charge is 0.319 e. The van der Waals surface area contributed by atoms with Crippen molar-refractivity contribution in [1.29, 1.82) is 0 Å². The molecule has 0 saturated heterocycles. The van der Waals surface area contributed by atoms with Crippen LogP contribution >= 0.6 is 15.9 Å². The number of carbonyl (C=O) groups excluding carboxylic acids is 1. The number of pyridine rings is 1. The molecule has 9 heteroatoms. The number of furan rings is 1. The van der Waals surface area contributed by atoms with Gasteiger partial charge in [0.1, 0.15) is 17.8 Å². The maximum atomic E-state index is 12.1. The van der Waals surface area contributed by atoms with E-state index in [0.717, 1.165) is 4.47 Å². The Morgan fingerprint density at radius 1 is 1.14 bits per heavy atom. The first-order valence-corrected chi connectivity index (χ1v) is 9.08. The zero-order valence-corrected chi connectivity index (χ0v) is 16.0. The van der Waals surface area contributed by atoms with E-state index in [1.165, 1.54) is 6.33 Å². The molecule has 0 saturated carbocycles. The number of hydrogen-bond acceptors (Lipinski definition) is 6. The predicted octanol–water partition coefficient (Wildman–Crippen LogP) is 4.49. The fraction of sp³-hybridized carbons (Fsp3) is 0.0526. The lowest BCUT2D eigenvalue weighted by atomic mass is 10.3. The van der Waals surface area contributed by atoms with Crippen molar-refractivity contribution in [3.63, 3.8) is 0 Å². The fourth-order valence-corrected chi connectivity index (χ4v) is 2.82. The van der Waals surface area contributed by atoms with Crippen molar-refractivity contribution in [2.75, 3.05) is 5.32 Å².